The topological polar surface area (TPSA) is 64.0 Å². The van der Waals surface area contributed by atoms with Gasteiger partial charge in [0, 0.05) is 17.0 Å². The molecule has 1 heterocycles. The molecule has 5 nitrogen and oxygen atoms in total. The summed E-state index contributed by atoms with van der Waals surface area (Å²) in [4.78, 5) is 25.0. The number of hydrogen-bond acceptors (Lipinski definition) is 3. The number of aromatic nitrogens is 2. The molecular weight excluding hydrogens is 326 g/mol. The highest BCUT2D eigenvalue weighted by Gasteiger charge is 2.24. The molecule has 0 unspecified atom stereocenters. The van der Waals surface area contributed by atoms with Gasteiger partial charge in [-0.15, -0.1) is 0 Å². The third-order valence-electron chi connectivity index (χ3n) is 4.75. The second-order valence-electron chi connectivity index (χ2n) is 7.02. The van der Waals surface area contributed by atoms with Gasteiger partial charge in [0.1, 0.15) is 6.54 Å². The molecule has 26 heavy (non-hydrogen) atoms. The average Bonchev–Trinajstić information content (AvgIpc) is 3.43. The van der Waals surface area contributed by atoms with Crippen molar-refractivity contribution in [2.24, 2.45) is 0 Å². The smallest absolute Gasteiger partial charge is 0.275 e. The van der Waals surface area contributed by atoms with Crippen LogP contribution in [0.15, 0.2) is 47.3 Å². The van der Waals surface area contributed by atoms with Gasteiger partial charge in [-0.2, -0.15) is 5.10 Å². The van der Waals surface area contributed by atoms with E-state index in [2.05, 4.69) is 28.6 Å². The molecule has 0 bridgehead atoms. The maximum Gasteiger partial charge on any atom is 0.275 e. The van der Waals surface area contributed by atoms with E-state index in [4.69, 9.17) is 0 Å². The molecule has 1 aliphatic rings. The Morgan fingerprint density at radius 1 is 1.15 bits per heavy atom. The molecule has 5 heteroatoms. The highest BCUT2D eigenvalue weighted by molar-refractivity contribution is 5.94. The number of aryl methyl sites for hydroxylation is 2. The molecule has 1 amide bonds. The summed E-state index contributed by atoms with van der Waals surface area (Å²) in [6.07, 6.45) is 2.03. The zero-order valence-corrected chi connectivity index (χ0v) is 15.0. The molecule has 4 rings (SSSR count). The van der Waals surface area contributed by atoms with Gasteiger partial charge in [-0.25, -0.2) is 4.68 Å². The first kappa shape index (κ1) is 16.5. The van der Waals surface area contributed by atoms with Crippen LogP contribution in [0.25, 0.3) is 22.0 Å². The van der Waals surface area contributed by atoms with E-state index in [1.54, 1.807) is 6.07 Å². The van der Waals surface area contributed by atoms with E-state index < -0.39 is 0 Å². The van der Waals surface area contributed by atoms with Crippen LogP contribution in [0.3, 0.4) is 0 Å². The Bertz CT molecular complexity index is 1060. The van der Waals surface area contributed by atoms with Crippen molar-refractivity contribution in [1.29, 1.82) is 0 Å². The van der Waals surface area contributed by atoms with Crippen LogP contribution in [-0.2, 0) is 11.3 Å². The average molecular weight is 347 g/mol. The Hall–Kier alpha value is -2.95. The van der Waals surface area contributed by atoms with Crippen molar-refractivity contribution in [3.05, 3.63) is 63.9 Å². The van der Waals surface area contributed by atoms with E-state index >= 15 is 0 Å². The predicted molar refractivity (Wildman–Crippen MR) is 102 cm³/mol. The van der Waals surface area contributed by atoms with Crippen LogP contribution in [0.1, 0.15) is 24.0 Å². The molecule has 2 aromatic carbocycles. The Labute approximate surface area is 151 Å². The molecular formula is C21H21N3O2. The first-order valence-corrected chi connectivity index (χ1v) is 8.90. The number of carbonyl (C=O) groups is 1. The lowest BCUT2D eigenvalue weighted by molar-refractivity contribution is -0.122. The van der Waals surface area contributed by atoms with Crippen molar-refractivity contribution in [3.63, 3.8) is 0 Å². The monoisotopic (exact) mass is 347 g/mol. The Morgan fingerprint density at radius 2 is 1.88 bits per heavy atom. The van der Waals surface area contributed by atoms with Crippen LogP contribution >= 0.6 is 0 Å². The van der Waals surface area contributed by atoms with E-state index in [1.165, 1.54) is 4.68 Å². The van der Waals surface area contributed by atoms with E-state index in [0.717, 1.165) is 40.6 Å². The second kappa shape index (κ2) is 6.41. The highest BCUT2D eigenvalue weighted by Crippen LogP contribution is 2.28. The molecule has 0 radical (unpaired) electrons. The van der Waals surface area contributed by atoms with E-state index in [1.807, 2.05) is 32.0 Å². The molecule has 0 atom stereocenters. The molecule has 0 saturated heterocycles. The van der Waals surface area contributed by atoms with Gasteiger partial charge in [0.05, 0.1) is 11.1 Å². The Balaban J connectivity index is 1.88. The number of carbonyl (C=O) groups excluding carboxylic acids is 1. The van der Waals surface area contributed by atoms with Gasteiger partial charge in [-0.1, -0.05) is 35.9 Å². The normalized spacial score (nSPS) is 13.8. The summed E-state index contributed by atoms with van der Waals surface area (Å²) in [6, 6.07) is 13.9. The third-order valence-corrected chi connectivity index (χ3v) is 4.75. The lowest BCUT2D eigenvalue weighted by atomic mass is 9.99. The van der Waals surface area contributed by atoms with Crippen LogP contribution in [0.5, 0.6) is 0 Å². The van der Waals surface area contributed by atoms with Crippen molar-refractivity contribution in [2.45, 2.75) is 39.3 Å². The Kier molecular flexibility index (Phi) is 4.07. The molecule has 132 valence electrons. The number of fused-ring (bicyclic) bond motifs is 1. The minimum absolute atomic E-state index is 0.0575. The van der Waals surface area contributed by atoms with E-state index in [9.17, 15) is 9.59 Å². The van der Waals surface area contributed by atoms with E-state index in [-0.39, 0.29) is 24.1 Å². The summed E-state index contributed by atoms with van der Waals surface area (Å²) >= 11 is 0. The zero-order valence-electron chi connectivity index (χ0n) is 15.0. The fraction of sp³-hybridized carbons (Fsp3) is 0.286. The van der Waals surface area contributed by atoms with Crippen molar-refractivity contribution >= 4 is 16.7 Å². The van der Waals surface area contributed by atoms with Gasteiger partial charge in [0.2, 0.25) is 5.91 Å². The third kappa shape index (κ3) is 3.12. The van der Waals surface area contributed by atoms with Gasteiger partial charge in [-0.05, 0) is 44.4 Å². The van der Waals surface area contributed by atoms with Crippen molar-refractivity contribution in [3.8, 4) is 11.3 Å². The predicted octanol–water partition coefficient (Wildman–Crippen LogP) is 2.96. The summed E-state index contributed by atoms with van der Waals surface area (Å²) in [5, 5.41) is 8.89. The van der Waals surface area contributed by atoms with Crippen molar-refractivity contribution in [2.75, 3.05) is 0 Å². The van der Waals surface area contributed by atoms with Crippen LogP contribution in [0, 0.1) is 13.8 Å². The number of nitrogens with one attached hydrogen (secondary N) is 1. The minimum Gasteiger partial charge on any atom is -0.352 e. The number of nitrogens with zero attached hydrogens (tertiary/aromatic N) is 2. The molecule has 1 fully saturated rings. The molecule has 1 saturated carbocycles. The van der Waals surface area contributed by atoms with Crippen molar-refractivity contribution < 1.29 is 4.79 Å². The molecule has 1 aliphatic carbocycles. The lowest BCUT2D eigenvalue weighted by Gasteiger charge is -2.13. The Morgan fingerprint density at radius 3 is 2.62 bits per heavy atom. The largest absolute Gasteiger partial charge is 0.352 e. The minimum atomic E-state index is -0.236. The molecule has 3 aromatic rings. The molecule has 1 N–H and O–H groups in total. The number of hydrogen-bond donors (Lipinski definition) is 1. The van der Waals surface area contributed by atoms with Crippen molar-refractivity contribution in [1.82, 2.24) is 15.1 Å². The summed E-state index contributed by atoms with van der Waals surface area (Å²) in [5.74, 6) is -0.163. The lowest BCUT2D eigenvalue weighted by Crippen LogP contribution is -2.35. The number of benzene rings is 2. The first-order chi connectivity index (χ1) is 12.5. The van der Waals surface area contributed by atoms with Gasteiger partial charge >= 0.3 is 0 Å². The zero-order chi connectivity index (χ0) is 18.3. The highest BCUT2D eigenvalue weighted by atomic mass is 16.2. The first-order valence-electron chi connectivity index (χ1n) is 8.90. The molecule has 0 aliphatic heterocycles. The summed E-state index contributed by atoms with van der Waals surface area (Å²) in [7, 11) is 0. The molecule has 0 spiro atoms. The molecule has 1 aromatic heterocycles. The SMILES string of the molecule is Cc1ccc(C)c(-c2nn(CC(=O)NC3CC3)c(=O)c3ccccc23)c1. The maximum absolute atomic E-state index is 12.8. The van der Waals surface area contributed by atoms with Gasteiger partial charge < -0.3 is 5.32 Å². The van der Waals surface area contributed by atoms with Crippen LogP contribution < -0.4 is 10.9 Å². The second-order valence-corrected chi connectivity index (χ2v) is 7.02. The number of rotatable bonds is 4. The van der Waals surface area contributed by atoms with Crippen LogP contribution in [0.4, 0.5) is 0 Å². The van der Waals surface area contributed by atoms with Gasteiger partial charge in [0.25, 0.3) is 5.56 Å². The summed E-state index contributed by atoms with van der Waals surface area (Å²) in [6.45, 7) is 4.00. The fourth-order valence-corrected chi connectivity index (χ4v) is 3.17. The summed E-state index contributed by atoms with van der Waals surface area (Å²) in [5.41, 5.74) is 3.69. The van der Waals surface area contributed by atoms with Gasteiger partial charge in [0.15, 0.2) is 0 Å². The van der Waals surface area contributed by atoms with Crippen LogP contribution in [-0.4, -0.2) is 21.7 Å². The van der Waals surface area contributed by atoms with Gasteiger partial charge in [-0.3, -0.25) is 9.59 Å². The standard InChI is InChI=1S/C21H21N3O2/c1-13-7-8-14(2)18(11-13)20-16-5-3-4-6-17(16)21(26)24(23-20)12-19(25)22-15-9-10-15/h3-8,11,15H,9-10,12H2,1-2H3,(H,22,25). The van der Waals surface area contributed by atoms with Crippen LogP contribution in [0.2, 0.25) is 0 Å². The fourth-order valence-electron chi connectivity index (χ4n) is 3.17. The maximum atomic E-state index is 12.8. The quantitative estimate of drug-likeness (QED) is 0.789. The van der Waals surface area contributed by atoms with E-state index in [0.29, 0.717) is 5.39 Å². The summed E-state index contributed by atoms with van der Waals surface area (Å²) < 4.78 is 1.29. The number of amides is 1.